The Hall–Kier alpha value is -0.420. The summed E-state index contributed by atoms with van der Waals surface area (Å²) in [4.78, 5) is 11.2. The number of nitro groups is 1. The highest BCUT2D eigenvalue weighted by molar-refractivity contribution is 9.10. The molecule has 0 amide bonds. The van der Waals surface area contributed by atoms with Gasteiger partial charge in [0, 0.05) is 10.9 Å². The minimum Gasteiger partial charge on any atom is -0.258 e. The molecule has 0 saturated heterocycles. The van der Waals surface area contributed by atoms with E-state index in [0.717, 1.165) is 17.9 Å². The molecule has 5 heteroatoms. The van der Waals surface area contributed by atoms with Crippen LogP contribution in [-0.4, -0.2) is 9.75 Å². The van der Waals surface area contributed by atoms with E-state index in [0.29, 0.717) is 15.2 Å². The van der Waals surface area contributed by atoms with E-state index >= 15 is 0 Å². The Balaban J connectivity index is 2.13. The predicted octanol–water partition coefficient (Wildman–Crippen LogP) is 5.88. The summed E-state index contributed by atoms with van der Waals surface area (Å²) in [5, 5.41) is 11.0. The van der Waals surface area contributed by atoms with Gasteiger partial charge in [0.15, 0.2) is 0 Å². The zero-order valence-electron chi connectivity index (χ0n) is 12.2. The summed E-state index contributed by atoms with van der Waals surface area (Å²) >= 11 is 7.23. The first-order valence-electron chi connectivity index (χ1n) is 7.58. The van der Waals surface area contributed by atoms with Crippen LogP contribution in [0.3, 0.4) is 0 Å². The molecule has 2 rings (SSSR count). The molecule has 0 spiro atoms. The van der Waals surface area contributed by atoms with E-state index in [-0.39, 0.29) is 10.6 Å². The Morgan fingerprint density at radius 2 is 2.14 bits per heavy atom. The lowest BCUT2D eigenvalue weighted by Crippen LogP contribution is -2.27. The summed E-state index contributed by atoms with van der Waals surface area (Å²) in [6.45, 7) is 2.24. The van der Waals surface area contributed by atoms with Gasteiger partial charge in [-0.05, 0) is 59.0 Å². The second-order valence-corrected chi connectivity index (χ2v) is 7.92. The highest BCUT2D eigenvalue weighted by atomic mass is 79.9. The normalized spacial score (nSPS) is 25.8. The zero-order chi connectivity index (χ0) is 15.4. The molecule has 1 aliphatic carbocycles. The summed E-state index contributed by atoms with van der Waals surface area (Å²) in [5.74, 6) is 1.37. The molecule has 3 atom stereocenters. The average molecular weight is 419 g/mol. The van der Waals surface area contributed by atoms with E-state index in [4.69, 9.17) is 0 Å². The number of halogens is 2. The van der Waals surface area contributed by atoms with Gasteiger partial charge in [-0.2, -0.15) is 0 Å². The summed E-state index contributed by atoms with van der Waals surface area (Å²) in [6, 6.07) is 5.34. The van der Waals surface area contributed by atoms with Gasteiger partial charge in [-0.3, -0.25) is 10.1 Å². The Bertz CT molecular complexity index is 507. The number of hydrogen-bond acceptors (Lipinski definition) is 2. The molecule has 0 aliphatic heterocycles. The second kappa shape index (κ2) is 7.73. The van der Waals surface area contributed by atoms with E-state index in [1.807, 2.05) is 6.07 Å². The van der Waals surface area contributed by atoms with Crippen molar-refractivity contribution in [1.29, 1.82) is 0 Å². The van der Waals surface area contributed by atoms with Crippen molar-refractivity contribution in [1.82, 2.24) is 0 Å². The molecule has 1 aromatic rings. The van der Waals surface area contributed by atoms with Gasteiger partial charge in [-0.1, -0.05) is 47.8 Å². The van der Waals surface area contributed by atoms with Gasteiger partial charge in [-0.25, -0.2) is 0 Å². The lowest BCUT2D eigenvalue weighted by Gasteiger charge is -2.33. The van der Waals surface area contributed by atoms with Crippen LogP contribution in [0.25, 0.3) is 0 Å². The van der Waals surface area contributed by atoms with Crippen molar-refractivity contribution in [3.8, 4) is 0 Å². The number of rotatable bonds is 5. The second-order valence-electron chi connectivity index (χ2n) is 5.96. The Morgan fingerprint density at radius 3 is 2.81 bits per heavy atom. The topological polar surface area (TPSA) is 43.1 Å². The molecule has 0 radical (unpaired) electrons. The molecule has 0 aromatic heterocycles. The predicted molar refractivity (Wildman–Crippen MR) is 93.0 cm³/mol. The van der Waals surface area contributed by atoms with Crippen LogP contribution < -0.4 is 0 Å². The van der Waals surface area contributed by atoms with Crippen LogP contribution in [0.1, 0.15) is 44.6 Å². The fourth-order valence-corrected chi connectivity index (χ4v) is 4.59. The van der Waals surface area contributed by atoms with Gasteiger partial charge in [0.25, 0.3) is 5.69 Å². The molecule has 0 bridgehead atoms. The van der Waals surface area contributed by atoms with E-state index in [2.05, 4.69) is 38.8 Å². The molecular weight excluding hydrogens is 398 g/mol. The van der Waals surface area contributed by atoms with E-state index in [9.17, 15) is 10.1 Å². The summed E-state index contributed by atoms with van der Waals surface area (Å²) in [6.07, 6.45) is 7.17. The number of nitrogens with zero attached hydrogens (tertiary/aromatic N) is 1. The lowest BCUT2D eigenvalue weighted by atomic mass is 9.77. The third-order valence-corrected chi connectivity index (χ3v) is 6.55. The zero-order valence-corrected chi connectivity index (χ0v) is 15.4. The molecule has 3 nitrogen and oxygen atoms in total. The van der Waals surface area contributed by atoms with Gasteiger partial charge < -0.3 is 0 Å². The molecule has 1 aliphatic rings. The monoisotopic (exact) mass is 417 g/mol. The number of nitro benzene ring substituents is 1. The van der Waals surface area contributed by atoms with Gasteiger partial charge >= 0.3 is 0 Å². The number of benzene rings is 1. The Morgan fingerprint density at radius 1 is 1.38 bits per heavy atom. The molecular formula is C16H21Br2NO2. The van der Waals surface area contributed by atoms with Crippen molar-refractivity contribution in [2.75, 3.05) is 0 Å². The third kappa shape index (κ3) is 4.28. The first kappa shape index (κ1) is 16.9. The van der Waals surface area contributed by atoms with Crippen molar-refractivity contribution >= 4 is 37.5 Å². The maximum atomic E-state index is 11.0. The fourth-order valence-electron chi connectivity index (χ4n) is 3.35. The van der Waals surface area contributed by atoms with E-state index in [1.165, 1.54) is 32.1 Å². The van der Waals surface area contributed by atoms with Gasteiger partial charge in [-0.15, -0.1) is 0 Å². The molecule has 116 valence electrons. The summed E-state index contributed by atoms with van der Waals surface area (Å²) < 4.78 is 0.646. The first-order valence-corrected chi connectivity index (χ1v) is 9.29. The molecule has 1 saturated carbocycles. The van der Waals surface area contributed by atoms with Crippen molar-refractivity contribution in [3.05, 3.63) is 38.3 Å². The largest absolute Gasteiger partial charge is 0.283 e. The lowest BCUT2D eigenvalue weighted by molar-refractivity contribution is -0.385. The molecule has 0 heterocycles. The third-order valence-electron chi connectivity index (χ3n) is 4.43. The van der Waals surface area contributed by atoms with Crippen LogP contribution in [0.5, 0.6) is 0 Å². The van der Waals surface area contributed by atoms with Crippen molar-refractivity contribution in [2.24, 2.45) is 11.8 Å². The maximum Gasteiger partial charge on any atom is 0.283 e. The average Bonchev–Trinajstić information content (AvgIpc) is 2.44. The summed E-state index contributed by atoms with van der Waals surface area (Å²) in [5.41, 5.74) is 1.22. The fraction of sp³-hybridized carbons (Fsp3) is 0.625. The first-order chi connectivity index (χ1) is 10.0. The summed E-state index contributed by atoms with van der Waals surface area (Å²) in [7, 11) is 0. The number of hydrogen-bond donors (Lipinski definition) is 0. The quantitative estimate of drug-likeness (QED) is 0.340. The molecule has 0 N–H and O–H groups in total. The highest BCUT2D eigenvalue weighted by Gasteiger charge is 2.29. The minimum absolute atomic E-state index is 0.166. The van der Waals surface area contributed by atoms with Gasteiger partial charge in [0.2, 0.25) is 0 Å². The van der Waals surface area contributed by atoms with Crippen LogP contribution in [-0.2, 0) is 6.42 Å². The van der Waals surface area contributed by atoms with Crippen LogP contribution in [0.2, 0.25) is 0 Å². The molecule has 1 aromatic carbocycles. The van der Waals surface area contributed by atoms with Gasteiger partial charge in [0.05, 0.1) is 9.40 Å². The van der Waals surface area contributed by atoms with Crippen LogP contribution in [0, 0.1) is 22.0 Å². The van der Waals surface area contributed by atoms with Crippen molar-refractivity contribution < 1.29 is 4.92 Å². The Labute approximate surface area is 142 Å². The van der Waals surface area contributed by atoms with Crippen molar-refractivity contribution in [2.45, 2.75) is 50.3 Å². The molecule has 1 fully saturated rings. The van der Waals surface area contributed by atoms with Crippen LogP contribution >= 0.6 is 31.9 Å². The van der Waals surface area contributed by atoms with Crippen molar-refractivity contribution in [3.63, 3.8) is 0 Å². The van der Waals surface area contributed by atoms with Crippen LogP contribution in [0.4, 0.5) is 5.69 Å². The number of alkyl halides is 1. The minimum atomic E-state index is -0.319. The van der Waals surface area contributed by atoms with Crippen LogP contribution in [0.15, 0.2) is 22.7 Å². The molecule has 21 heavy (non-hydrogen) atoms. The molecule has 3 unspecified atom stereocenters. The standard InChI is InChI=1S/C16H21Br2NO2/c1-2-4-11-7-8-14(17)13(9-11)10-12-5-3-6-15(16(12)18)19(20)21/h3,5-6,11,13-14H,2,4,7-10H2,1H3. The van der Waals surface area contributed by atoms with Gasteiger partial charge in [0.1, 0.15) is 0 Å². The Kier molecular flexibility index (Phi) is 6.23. The van der Waals surface area contributed by atoms with E-state index in [1.54, 1.807) is 12.1 Å². The smallest absolute Gasteiger partial charge is 0.258 e. The van der Waals surface area contributed by atoms with E-state index < -0.39 is 0 Å². The maximum absolute atomic E-state index is 11.0. The SMILES string of the molecule is CCCC1CCC(Br)C(Cc2cccc([N+](=O)[O-])c2Br)C1. The highest BCUT2D eigenvalue weighted by Crippen LogP contribution is 2.39.